The van der Waals surface area contributed by atoms with Crippen LogP contribution in [0.3, 0.4) is 0 Å². The van der Waals surface area contributed by atoms with E-state index in [4.69, 9.17) is 14.2 Å². The molecule has 232 valence electrons. The number of halogens is 2. The molecule has 6 rings (SSSR count). The lowest BCUT2D eigenvalue weighted by atomic mass is 9.72. The van der Waals surface area contributed by atoms with Crippen LogP contribution in [-0.4, -0.2) is 88.1 Å². The zero-order chi connectivity index (χ0) is 29.9. The number of carbonyl (C=O) groups excluding carboxylic acids is 1. The number of piperidine rings is 1. The van der Waals surface area contributed by atoms with E-state index in [-0.39, 0.29) is 42.7 Å². The Kier molecular flexibility index (Phi) is 9.38. The molecule has 11 heteroatoms. The number of nitrogens with one attached hydrogen (secondary N) is 3. The summed E-state index contributed by atoms with van der Waals surface area (Å²) in [7, 11) is 1.55. The summed E-state index contributed by atoms with van der Waals surface area (Å²) >= 11 is 0. The first-order chi connectivity index (χ1) is 20.9. The summed E-state index contributed by atoms with van der Waals surface area (Å²) in [6.45, 7) is 2.21. The third-order valence-corrected chi connectivity index (χ3v) is 9.71. The Morgan fingerprint density at radius 1 is 1.16 bits per heavy atom. The van der Waals surface area contributed by atoms with Crippen LogP contribution in [0.4, 0.5) is 8.78 Å². The quantitative estimate of drug-likeness (QED) is 0.442. The van der Waals surface area contributed by atoms with Crippen molar-refractivity contribution in [3.8, 4) is 11.8 Å². The molecule has 1 aliphatic carbocycles. The van der Waals surface area contributed by atoms with E-state index < -0.39 is 30.3 Å². The van der Waals surface area contributed by atoms with E-state index in [0.29, 0.717) is 56.8 Å². The molecule has 4 fully saturated rings. The number of carbonyl (C=O) groups is 1. The molecule has 1 aromatic carbocycles. The van der Waals surface area contributed by atoms with Crippen molar-refractivity contribution < 1.29 is 27.8 Å². The van der Waals surface area contributed by atoms with Crippen molar-refractivity contribution in [2.75, 3.05) is 33.4 Å². The Morgan fingerprint density at radius 3 is 2.77 bits per heavy atom. The van der Waals surface area contributed by atoms with Gasteiger partial charge in [0.25, 0.3) is 5.91 Å². The normalized spacial score (nSPS) is 36.3. The van der Waals surface area contributed by atoms with Crippen LogP contribution in [0.5, 0.6) is 5.75 Å². The molecule has 3 saturated heterocycles. The van der Waals surface area contributed by atoms with Gasteiger partial charge in [0.05, 0.1) is 43.3 Å². The molecule has 0 aromatic heterocycles. The molecule has 1 saturated carbocycles. The monoisotopic (exact) mass is 597 g/mol. The number of hydrogen-bond donors (Lipinski definition) is 3. The van der Waals surface area contributed by atoms with Crippen LogP contribution in [-0.2, 0) is 9.47 Å². The summed E-state index contributed by atoms with van der Waals surface area (Å²) < 4.78 is 47.6. The van der Waals surface area contributed by atoms with Crippen molar-refractivity contribution in [1.29, 1.82) is 5.26 Å². The van der Waals surface area contributed by atoms with E-state index >= 15 is 4.39 Å². The van der Waals surface area contributed by atoms with Gasteiger partial charge in [0, 0.05) is 49.6 Å². The van der Waals surface area contributed by atoms with Crippen molar-refractivity contribution in [3.63, 3.8) is 0 Å². The van der Waals surface area contributed by atoms with E-state index in [1.807, 2.05) is 12.1 Å². The predicted octanol–water partition coefficient (Wildman–Crippen LogP) is 3.36. The highest BCUT2D eigenvalue weighted by molar-refractivity contribution is 5.95. The predicted molar refractivity (Wildman–Crippen MR) is 157 cm³/mol. The second-order valence-electron chi connectivity index (χ2n) is 12.4. The minimum Gasteiger partial charge on any atom is -0.496 e. The van der Waals surface area contributed by atoms with Gasteiger partial charge in [0.15, 0.2) is 0 Å². The molecule has 43 heavy (non-hydrogen) atoms. The summed E-state index contributed by atoms with van der Waals surface area (Å²) in [4.78, 5) is 17.6. The highest BCUT2D eigenvalue weighted by Crippen LogP contribution is 2.46. The fourth-order valence-corrected chi connectivity index (χ4v) is 7.34. The average molecular weight is 598 g/mol. The number of allylic oxidation sites excluding steroid dienone is 1. The van der Waals surface area contributed by atoms with Gasteiger partial charge >= 0.3 is 0 Å². The van der Waals surface area contributed by atoms with Gasteiger partial charge in [-0.1, -0.05) is 6.07 Å². The van der Waals surface area contributed by atoms with Crippen molar-refractivity contribution in [3.05, 3.63) is 41.0 Å². The second kappa shape index (κ2) is 13.4. The van der Waals surface area contributed by atoms with Gasteiger partial charge in [-0.25, -0.2) is 8.78 Å². The Bertz CT molecular complexity index is 1260. The SMILES string of the molecule is COc1cc(C(=O)N[C@@H]2CCNC[C@H]2F)ccc1C1CC2N=CC=C(C3CC(F)C(NC4CCOCC4)C(C#N)C3)C2O1. The number of benzene rings is 1. The van der Waals surface area contributed by atoms with Gasteiger partial charge in [0.1, 0.15) is 24.2 Å². The highest BCUT2D eigenvalue weighted by Gasteiger charge is 2.46. The molecular formula is C32H41F2N5O4. The largest absolute Gasteiger partial charge is 0.496 e. The number of ether oxygens (including phenoxy) is 3. The molecule has 7 unspecified atom stereocenters. The maximum absolute atomic E-state index is 15.7. The number of fused-ring (bicyclic) bond motifs is 1. The van der Waals surface area contributed by atoms with E-state index in [1.165, 1.54) is 0 Å². The Hall–Kier alpha value is -2.91. The van der Waals surface area contributed by atoms with Crippen molar-refractivity contribution >= 4 is 12.1 Å². The van der Waals surface area contributed by atoms with Crippen LogP contribution in [0.15, 0.2) is 34.8 Å². The first-order valence-corrected chi connectivity index (χ1v) is 15.5. The maximum atomic E-state index is 15.7. The molecule has 5 aliphatic rings. The lowest BCUT2D eigenvalue weighted by Crippen LogP contribution is -2.53. The number of rotatable bonds is 7. The summed E-state index contributed by atoms with van der Waals surface area (Å²) in [5.74, 6) is -0.387. The number of nitrogens with zero attached hydrogens (tertiary/aromatic N) is 2. The smallest absolute Gasteiger partial charge is 0.251 e. The van der Waals surface area contributed by atoms with Gasteiger partial charge in [0.2, 0.25) is 0 Å². The van der Waals surface area contributed by atoms with Crippen LogP contribution < -0.4 is 20.7 Å². The van der Waals surface area contributed by atoms with Crippen molar-refractivity contribution in [1.82, 2.24) is 16.0 Å². The number of aliphatic imine (C=N–C) groups is 1. The number of dihydropyridines is 1. The summed E-state index contributed by atoms with van der Waals surface area (Å²) in [5.41, 5.74) is 2.19. The van der Waals surface area contributed by atoms with Crippen LogP contribution in [0.1, 0.15) is 60.6 Å². The third-order valence-electron chi connectivity index (χ3n) is 9.71. The van der Waals surface area contributed by atoms with Crippen LogP contribution >= 0.6 is 0 Å². The average Bonchev–Trinajstić information content (AvgIpc) is 3.47. The number of nitriles is 1. The van der Waals surface area contributed by atoms with Gasteiger partial charge in [-0.2, -0.15) is 5.26 Å². The van der Waals surface area contributed by atoms with Crippen molar-refractivity contribution in [2.24, 2.45) is 16.8 Å². The first-order valence-electron chi connectivity index (χ1n) is 15.5. The zero-order valence-electron chi connectivity index (χ0n) is 24.5. The number of amides is 1. The van der Waals surface area contributed by atoms with Gasteiger partial charge < -0.3 is 30.2 Å². The van der Waals surface area contributed by atoms with Crippen LogP contribution in [0.2, 0.25) is 0 Å². The molecule has 0 radical (unpaired) electrons. The molecule has 0 spiro atoms. The maximum Gasteiger partial charge on any atom is 0.251 e. The Labute approximate surface area is 251 Å². The van der Waals surface area contributed by atoms with Gasteiger partial charge in [-0.15, -0.1) is 0 Å². The fraction of sp³-hybridized carbons (Fsp3) is 0.656. The minimum atomic E-state index is -1.14. The second-order valence-corrected chi connectivity index (χ2v) is 12.4. The standard InChI is InChI=1S/C32H41F2N5O4/c1-41-28-14-18(32(40)39-26-5-8-36-17-25(26)34)2-3-23(28)29-15-27-31(43-29)22(4-9-37-27)19-12-20(16-35)30(24(33)13-19)38-21-6-10-42-11-7-21/h2-4,9,14,19-21,24-27,29-31,36,38H,5-8,10-13,15,17H2,1H3,(H,39,40)/t19?,20?,24?,25-,26-,27?,29?,30?,31?/m1/s1. The molecule has 1 aromatic rings. The Morgan fingerprint density at radius 2 is 2.00 bits per heavy atom. The molecule has 4 aliphatic heterocycles. The third kappa shape index (κ3) is 6.48. The minimum absolute atomic E-state index is 0.118. The molecule has 0 bridgehead atoms. The van der Waals surface area contributed by atoms with E-state index in [2.05, 4.69) is 27.0 Å². The van der Waals surface area contributed by atoms with E-state index in [9.17, 15) is 14.4 Å². The molecule has 3 N–H and O–H groups in total. The lowest BCUT2D eigenvalue weighted by Gasteiger charge is -2.41. The Balaban J connectivity index is 1.13. The van der Waals surface area contributed by atoms with Gasteiger partial charge in [-0.05, 0) is 68.3 Å². The molecule has 4 heterocycles. The topological polar surface area (TPSA) is 117 Å². The van der Waals surface area contributed by atoms with Gasteiger partial charge in [-0.3, -0.25) is 9.79 Å². The van der Waals surface area contributed by atoms with Crippen LogP contribution in [0, 0.1) is 23.2 Å². The molecule has 9 atom stereocenters. The summed E-state index contributed by atoms with van der Waals surface area (Å²) in [6.07, 6.45) is 4.50. The molecular weight excluding hydrogens is 556 g/mol. The molecule has 9 nitrogen and oxygen atoms in total. The van der Waals surface area contributed by atoms with Crippen molar-refractivity contribution in [2.45, 2.75) is 87.2 Å². The van der Waals surface area contributed by atoms with E-state index in [1.54, 1.807) is 25.5 Å². The zero-order valence-corrected chi connectivity index (χ0v) is 24.5. The first kappa shape index (κ1) is 30.1. The number of alkyl halides is 2. The highest BCUT2D eigenvalue weighted by atomic mass is 19.1. The van der Waals surface area contributed by atoms with Crippen LogP contribution in [0.25, 0.3) is 0 Å². The summed E-state index contributed by atoms with van der Waals surface area (Å²) in [5, 5.41) is 19.2. The lowest BCUT2D eigenvalue weighted by molar-refractivity contribution is 0.0392. The number of hydrogen-bond acceptors (Lipinski definition) is 8. The van der Waals surface area contributed by atoms with E-state index in [0.717, 1.165) is 24.0 Å². The molecule has 1 amide bonds. The fourth-order valence-electron chi connectivity index (χ4n) is 7.34. The number of methoxy groups -OCH3 is 1. The summed E-state index contributed by atoms with van der Waals surface area (Å²) in [6, 6.07) is 6.63.